The van der Waals surface area contributed by atoms with Gasteiger partial charge in [-0.05, 0) is 25.0 Å². The molecule has 8 nitrogen and oxygen atoms in total. The number of likely N-dealkylation sites (tertiary alicyclic amines) is 1. The van der Waals surface area contributed by atoms with E-state index in [0.29, 0.717) is 18.9 Å². The molecule has 0 atom stereocenters. The van der Waals surface area contributed by atoms with E-state index in [0.717, 1.165) is 37.3 Å². The minimum atomic E-state index is 0.183. The van der Waals surface area contributed by atoms with Crippen LogP contribution in [0.4, 0.5) is 0 Å². The highest BCUT2D eigenvalue weighted by Gasteiger charge is 2.27. The first-order chi connectivity index (χ1) is 12.8. The Morgan fingerprint density at radius 3 is 2.69 bits per heavy atom. The van der Waals surface area contributed by atoms with E-state index in [1.807, 2.05) is 27.8 Å². The van der Waals surface area contributed by atoms with Gasteiger partial charge in [-0.1, -0.05) is 5.16 Å². The van der Waals surface area contributed by atoms with Crippen molar-refractivity contribution < 1.29 is 9.32 Å². The number of aryl methyl sites for hydroxylation is 1. The molecule has 0 aromatic carbocycles. The third-order valence-electron chi connectivity index (χ3n) is 4.72. The summed E-state index contributed by atoms with van der Waals surface area (Å²) in [6, 6.07) is 3.69. The highest BCUT2D eigenvalue weighted by atomic mass is 16.5. The van der Waals surface area contributed by atoms with Crippen LogP contribution in [0.1, 0.15) is 31.0 Å². The summed E-state index contributed by atoms with van der Waals surface area (Å²) in [5, 5.41) is 4.14. The topological polar surface area (TPSA) is 89.9 Å². The average Bonchev–Trinajstić information content (AvgIpc) is 3.39. The molecule has 0 saturated carbocycles. The van der Waals surface area contributed by atoms with Crippen LogP contribution in [0.15, 0.2) is 47.8 Å². The molecule has 0 radical (unpaired) electrons. The molecule has 0 bridgehead atoms. The third kappa shape index (κ3) is 3.63. The van der Waals surface area contributed by atoms with Gasteiger partial charge in [0.1, 0.15) is 0 Å². The molecule has 3 aromatic rings. The standard InChI is InChI=1S/C18H20N6O2/c25-16(5-9-23-12-8-20-13-23)24-10-3-14(4-11-24)17-21-18(26-22-17)15-1-6-19-7-2-15/h1-2,6-8,12-14H,3-5,9-11H2. The fraction of sp³-hybridized carbons (Fsp3) is 0.389. The summed E-state index contributed by atoms with van der Waals surface area (Å²) in [5.41, 5.74) is 0.867. The SMILES string of the molecule is O=C(CCn1ccnc1)N1CCC(c2noc(-c3ccncc3)n2)CC1. The summed E-state index contributed by atoms with van der Waals surface area (Å²) >= 11 is 0. The monoisotopic (exact) mass is 352 g/mol. The van der Waals surface area contributed by atoms with Crippen molar-refractivity contribution in [2.45, 2.75) is 31.7 Å². The number of pyridine rings is 1. The van der Waals surface area contributed by atoms with Crippen molar-refractivity contribution in [3.05, 3.63) is 49.1 Å². The molecule has 0 unspecified atom stereocenters. The maximum Gasteiger partial charge on any atom is 0.258 e. The summed E-state index contributed by atoms with van der Waals surface area (Å²) in [6.07, 6.45) is 10.9. The number of amides is 1. The van der Waals surface area contributed by atoms with Crippen LogP contribution in [0.5, 0.6) is 0 Å². The van der Waals surface area contributed by atoms with Gasteiger partial charge in [-0.15, -0.1) is 0 Å². The third-order valence-corrected chi connectivity index (χ3v) is 4.72. The van der Waals surface area contributed by atoms with Crippen LogP contribution in [0.2, 0.25) is 0 Å². The highest BCUT2D eigenvalue weighted by Crippen LogP contribution is 2.28. The maximum absolute atomic E-state index is 12.4. The Hall–Kier alpha value is -3.03. The van der Waals surface area contributed by atoms with Crippen molar-refractivity contribution in [2.75, 3.05) is 13.1 Å². The molecule has 134 valence electrons. The maximum atomic E-state index is 12.4. The first-order valence-corrected chi connectivity index (χ1v) is 8.77. The van der Waals surface area contributed by atoms with Crippen molar-refractivity contribution in [1.82, 2.24) is 29.6 Å². The summed E-state index contributed by atoms with van der Waals surface area (Å²) in [4.78, 5) is 26.8. The second-order valence-electron chi connectivity index (χ2n) is 6.40. The van der Waals surface area contributed by atoms with Crippen molar-refractivity contribution in [3.8, 4) is 11.5 Å². The molecule has 26 heavy (non-hydrogen) atoms. The molecule has 4 heterocycles. The van der Waals surface area contributed by atoms with Gasteiger partial charge in [0.15, 0.2) is 5.82 Å². The minimum absolute atomic E-state index is 0.183. The summed E-state index contributed by atoms with van der Waals surface area (Å²) in [5.74, 6) is 1.65. The van der Waals surface area contributed by atoms with E-state index in [-0.39, 0.29) is 11.8 Å². The van der Waals surface area contributed by atoms with Crippen LogP contribution in [-0.2, 0) is 11.3 Å². The van der Waals surface area contributed by atoms with Crippen molar-refractivity contribution in [2.24, 2.45) is 0 Å². The first-order valence-electron chi connectivity index (χ1n) is 8.77. The van der Waals surface area contributed by atoms with E-state index in [1.54, 1.807) is 24.9 Å². The Morgan fingerprint density at radius 2 is 1.96 bits per heavy atom. The number of rotatable bonds is 5. The lowest BCUT2D eigenvalue weighted by Crippen LogP contribution is -2.38. The molecule has 8 heteroatoms. The van der Waals surface area contributed by atoms with Gasteiger partial charge < -0.3 is 14.0 Å². The van der Waals surface area contributed by atoms with Crippen molar-refractivity contribution in [1.29, 1.82) is 0 Å². The lowest BCUT2D eigenvalue weighted by Gasteiger charge is -2.30. The lowest BCUT2D eigenvalue weighted by atomic mass is 9.96. The van der Waals surface area contributed by atoms with Crippen LogP contribution in [-0.4, -0.2) is 48.6 Å². The molecule has 4 rings (SSSR count). The molecular formula is C18H20N6O2. The van der Waals surface area contributed by atoms with Gasteiger partial charge in [0.05, 0.1) is 6.33 Å². The molecule has 0 aliphatic carbocycles. The van der Waals surface area contributed by atoms with Gasteiger partial charge in [0.25, 0.3) is 5.89 Å². The summed E-state index contributed by atoms with van der Waals surface area (Å²) in [7, 11) is 0. The van der Waals surface area contributed by atoms with E-state index in [4.69, 9.17) is 4.52 Å². The van der Waals surface area contributed by atoms with Crippen LogP contribution in [0.25, 0.3) is 11.5 Å². The van der Waals surface area contributed by atoms with Gasteiger partial charge in [0.2, 0.25) is 5.91 Å². The van der Waals surface area contributed by atoms with Crippen molar-refractivity contribution in [3.63, 3.8) is 0 Å². The molecule has 1 fully saturated rings. The van der Waals surface area contributed by atoms with E-state index in [2.05, 4.69) is 20.1 Å². The minimum Gasteiger partial charge on any atom is -0.343 e. The van der Waals surface area contributed by atoms with Crippen LogP contribution < -0.4 is 0 Å². The van der Waals surface area contributed by atoms with Gasteiger partial charge in [-0.3, -0.25) is 9.78 Å². The molecule has 1 aliphatic heterocycles. The normalized spacial score (nSPS) is 15.3. The second-order valence-corrected chi connectivity index (χ2v) is 6.40. The van der Waals surface area contributed by atoms with Crippen LogP contribution >= 0.6 is 0 Å². The zero-order chi connectivity index (χ0) is 17.8. The van der Waals surface area contributed by atoms with E-state index in [9.17, 15) is 4.79 Å². The van der Waals surface area contributed by atoms with Gasteiger partial charge in [-0.2, -0.15) is 4.98 Å². The predicted octanol–water partition coefficient (Wildman–Crippen LogP) is 2.12. The molecule has 0 N–H and O–H groups in total. The molecular weight excluding hydrogens is 332 g/mol. The molecule has 1 amide bonds. The van der Waals surface area contributed by atoms with Gasteiger partial charge in [0, 0.05) is 62.3 Å². The number of carbonyl (C=O) groups excluding carboxylic acids is 1. The Bertz CT molecular complexity index is 838. The molecule has 0 spiro atoms. The smallest absolute Gasteiger partial charge is 0.258 e. The Morgan fingerprint density at radius 1 is 1.15 bits per heavy atom. The summed E-state index contributed by atoms with van der Waals surface area (Å²) in [6.45, 7) is 2.12. The second kappa shape index (κ2) is 7.47. The lowest BCUT2D eigenvalue weighted by molar-refractivity contribution is -0.132. The number of hydrogen-bond acceptors (Lipinski definition) is 6. The number of carbonyl (C=O) groups is 1. The fourth-order valence-electron chi connectivity index (χ4n) is 3.20. The Balaban J connectivity index is 1.31. The van der Waals surface area contributed by atoms with E-state index >= 15 is 0 Å². The van der Waals surface area contributed by atoms with Crippen LogP contribution in [0, 0.1) is 0 Å². The van der Waals surface area contributed by atoms with E-state index < -0.39 is 0 Å². The van der Waals surface area contributed by atoms with Gasteiger partial charge in [-0.25, -0.2) is 4.98 Å². The largest absolute Gasteiger partial charge is 0.343 e. The average molecular weight is 352 g/mol. The fourth-order valence-corrected chi connectivity index (χ4v) is 3.20. The number of piperidine rings is 1. The van der Waals surface area contributed by atoms with Crippen LogP contribution in [0.3, 0.4) is 0 Å². The molecule has 3 aromatic heterocycles. The molecule has 1 aliphatic rings. The number of imidazole rings is 1. The number of aromatic nitrogens is 5. The van der Waals surface area contributed by atoms with E-state index in [1.165, 1.54) is 0 Å². The zero-order valence-electron chi connectivity index (χ0n) is 14.4. The highest BCUT2D eigenvalue weighted by molar-refractivity contribution is 5.76. The number of nitrogens with zero attached hydrogens (tertiary/aromatic N) is 6. The predicted molar refractivity (Wildman–Crippen MR) is 92.9 cm³/mol. The Labute approximate surface area is 150 Å². The first kappa shape index (κ1) is 16.4. The summed E-state index contributed by atoms with van der Waals surface area (Å²) < 4.78 is 7.30. The zero-order valence-corrected chi connectivity index (χ0v) is 14.4. The van der Waals surface area contributed by atoms with Gasteiger partial charge >= 0.3 is 0 Å². The van der Waals surface area contributed by atoms with Crippen molar-refractivity contribution >= 4 is 5.91 Å². The molecule has 1 saturated heterocycles. The quantitative estimate of drug-likeness (QED) is 0.699. The Kier molecular flexibility index (Phi) is 4.72. The number of hydrogen-bond donors (Lipinski definition) is 0.